The normalized spacial score (nSPS) is 30.4. The molecule has 0 aromatic heterocycles. The third kappa shape index (κ3) is 2.97. The fraction of sp³-hybridized carbons (Fsp3) is 0.833. The first-order valence-corrected chi connectivity index (χ1v) is 6.09. The van der Waals surface area contributed by atoms with Gasteiger partial charge in [0.2, 0.25) is 6.41 Å². The number of carboxylic acids is 1. The van der Waals surface area contributed by atoms with Crippen molar-refractivity contribution in [3.8, 4) is 0 Å². The van der Waals surface area contributed by atoms with E-state index in [1.807, 2.05) is 0 Å². The molecular formula is C12H21NO3. The van der Waals surface area contributed by atoms with Gasteiger partial charge in [-0.25, -0.2) is 4.79 Å². The molecule has 1 aliphatic rings. The molecule has 0 aromatic carbocycles. The van der Waals surface area contributed by atoms with E-state index in [1.165, 1.54) is 0 Å². The first-order valence-electron chi connectivity index (χ1n) is 6.09. The number of rotatable bonds is 5. The van der Waals surface area contributed by atoms with Crippen molar-refractivity contribution < 1.29 is 14.7 Å². The number of carbonyl (C=O) groups excluding carboxylic acids is 1. The van der Waals surface area contributed by atoms with Crippen LogP contribution in [0.15, 0.2) is 0 Å². The Balaban J connectivity index is 2.66. The zero-order valence-electron chi connectivity index (χ0n) is 9.87. The van der Waals surface area contributed by atoms with Crippen LogP contribution in [0.25, 0.3) is 0 Å². The maximum atomic E-state index is 11.3. The number of carboxylic acid groups (broad SMARTS) is 1. The number of aliphatic carboxylic acids is 1. The molecule has 4 heteroatoms. The van der Waals surface area contributed by atoms with Crippen molar-refractivity contribution in [3.05, 3.63) is 0 Å². The molecule has 0 radical (unpaired) electrons. The average Bonchev–Trinajstić information content (AvgIpc) is 2.44. The van der Waals surface area contributed by atoms with Crippen LogP contribution >= 0.6 is 0 Å². The molecule has 1 saturated carbocycles. The second kappa shape index (κ2) is 5.87. The highest BCUT2D eigenvalue weighted by Gasteiger charge is 2.39. The fourth-order valence-electron chi connectivity index (χ4n) is 2.64. The lowest BCUT2D eigenvalue weighted by atomic mass is 9.89. The molecule has 2 unspecified atom stereocenters. The van der Waals surface area contributed by atoms with Crippen LogP contribution < -0.4 is 5.32 Å². The minimum atomic E-state index is -1.01. The van der Waals surface area contributed by atoms with Gasteiger partial charge in [0.1, 0.15) is 5.54 Å². The molecule has 1 rings (SSSR count). The van der Waals surface area contributed by atoms with Gasteiger partial charge in [0, 0.05) is 0 Å². The summed E-state index contributed by atoms with van der Waals surface area (Å²) in [6.45, 7) is 2.15. The summed E-state index contributed by atoms with van der Waals surface area (Å²) in [7, 11) is 0. The number of amides is 1. The van der Waals surface area contributed by atoms with Crippen LogP contribution in [-0.2, 0) is 9.59 Å². The molecule has 0 saturated heterocycles. The largest absolute Gasteiger partial charge is 0.480 e. The average molecular weight is 227 g/mol. The van der Waals surface area contributed by atoms with Crippen LogP contribution in [0.2, 0.25) is 0 Å². The molecule has 0 bridgehead atoms. The number of nitrogens with one attached hydrogen (secondary N) is 1. The van der Waals surface area contributed by atoms with E-state index < -0.39 is 11.5 Å². The maximum absolute atomic E-state index is 11.3. The summed E-state index contributed by atoms with van der Waals surface area (Å²) in [6.07, 6.45) is 6.83. The Morgan fingerprint density at radius 3 is 2.81 bits per heavy atom. The van der Waals surface area contributed by atoms with Gasteiger partial charge < -0.3 is 10.4 Å². The Kier molecular flexibility index (Phi) is 4.77. The number of hydrogen-bond donors (Lipinski definition) is 2. The molecule has 16 heavy (non-hydrogen) atoms. The second-order valence-electron chi connectivity index (χ2n) is 4.74. The Bertz CT molecular complexity index is 255. The van der Waals surface area contributed by atoms with E-state index in [2.05, 4.69) is 12.2 Å². The highest BCUT2D eigenvalue weighted by molar-refractivity contribution is 5.81. The lowest BCUT2D eigenvalue weighted by Gasteiger charge is -2.27. The van der Waals surface area contributed by atoms with Crippen molar-refractivity contribution in [1.29, 1.82) is 0 Å². The SMILES string of the molecule is CCCC1CCCC(NC=O)(C(=O)O)CC1. The molecular weight excluding hydrogens is 206 g/mol. The van der Waals surface area contributed by atoms with E-state index >= 15 is 0 Å². The van der Waals surface area contributed by atoms with E-state index in [4.69, 9.17) is 0 Å². The third-order valence-corrected chi connectivity index (χ3v) is 3.64. The molecule has 0 spiro atoms. The predicted molar refractivity (Wildman–Crippen MR) is 61.0 cm³/mol. The van der Waals surface area contributed by atoms with E-state index in [9.17, 15) is 14.7 Å². The van der Waals surface area contributed by atoms with Crippen molar-refractivity contribution in [1.82, 2.24) is 5.32 Å². The second-order valence-corrected chi connectivity index (χ2v) is 4.74. The molecule has 0 aliphatic heterocycles. The Hall–Kier alpha value is -1.06. The molecule has 1 aliphatic carbocycles. The summed E-state index contributed by atoms with van der Waals surface area (Å²) < 4.78 is 0. The Morgan fingerprint density at radius 1 is 1.50 bits per heavy atom. The van der Waals surface area contributed by atoms with Crippen LogP contribution in [-0.4, -0.2) is 23.0 Å². The van der Waals surface area contributed by atoms with Crippen molar-refractivity contribution in [3.63, 3.8) is 0 Å². The van der Waals surface area contributed by atoms with Gasteiger partial charge >= 0.3 is 5.97 Å². The van der Waals surface area contributed by atoms with Crippen LogP contribution in [0.1, 0.15) is 51.9 Å². The monoisotopic (exact) mass is 227 g/mol. The van der Waals surface area contributed by atoms with Gasteiger partial charge in [-0.05, 0) is 25.2 Å². The van der Waals surface area contributed by atoms with E-state index in [1.54, 1.807) is 0 Å². The van der Waals surface area contributed by atoms with Gasteiger partial charge in [-0.1, -0.05) is 32.6 Å². The minimum Gasteiger partial charge on any atom is -0.480 e. The van der Waals surface area contributed by atoms with Gasteiger partial charge in [-0.3, -0.25) is 4.79 Å². The zero-order chi connectivity index (χ0) is 12.0. The van der Waals surface area contributed by atoms with Gasteiger partial charge in [0.15, 0.2) is 0 Å². The van der Waals surface area contributed by atoms with Crippen molar-refractivity contribution in [2.75, 3.05) is 0 Å². The van der Waals surface area contributed by atoms with Crippen LogP contribution in [0.3, 0.4) is 0 Å². The lowest BCUT2D eigenvalue weighted by molar-refractivity contribution is -0.146. The van der Waals surface area contributed by atoms with Gasteiger partial charge in [0.05, 0.1) is 0 Å². The highest BCUT2D eigenvalue weighted by atomic mass is 16.4. The third-order valence-electron chi connectivity index (χ3n) is 3.64. The first kappa shape index (κ1) is 13.0. The van der Waals surface area contributed by atoms with Gasteiger partial charge in [0.25, 0.3) is 0 Å². The molecule has 92 valence electrons. The minimum absolute atomic E-state index is 0.522. The number of hydrogen-bond acceptors (Lipinski definition) is 2. The smallest absolute Gasteiger partial charge is 0.329 e. The Morgan fingerprint density at radius 2 is 2.25 bits per heavy atom. The zero-order valence-corrected chi connectivity index (χ0v) is 9.87. The van der Waals surface area contributed by atoms with Crippen LogP contribution in [0.4, 0.5) is 0 Å². The van der Waals surface area contributed by atoms with Gasteiger partial charge in [-0.15, -0.1) is 0 Å². The molecule has 1 amide bonds. The maximum Gasteiger partial charge on any atom is 0.329 e. The van der Waals surface area contributed by atoms with Crippen molar-refractivity contribution in [2.24, 2.45) is 5.92 Å². The first-order chi connectivity index (χ1) is 7.64. The molecule has 0 heterocycles. The van der Waals surface area contributed by atoms with Crippen LogP contribution in [0.5, 0.6) is 0 Å². The predicted octanol–water partition coefficient (Wildman–Crippen LogP) is 1.94. The summed E-state index contributed by atoms with van der Waals surface area (Å²) in [6, 6.07) is 0. The summed E-state index contributed by atoms with van der Waals surface area (Å²) in [5.74, 6) is -0.267. The molecule has 2 atom stereocenters. The summed E-state index contributed by atoms with van der Waals surface area (Å²) in [5, 5.41) is 11.8. The van der Waals surface area contributed by atoms with Crippen molar-refractivity contribution >= 4 is 12.4 Å². The van der Waals surface area contributed by atoms with Crippen LogP contribution in [0, 0.1) is 5.92 Å². The topological polar surface area (TPSA) is 66.4 Å². The highest BCUT2D eigenvalue weighted by Crippen LogP contribution is 2.32. The van der Waals surface area contributed by atoms with E-state index in [0.717, 1.165) is 32.1 Å². The molecule has 4 nitrogen and oxygen atoms in total. The lowest BCUT2D eigenvalue weighted by Crippen LogP contribution is -2.51. The van der Waals surface area contributed by atoms with Crippen molar-refractivity contribution in [2.45, 2.75) is 57.4 Å². The van der Waals surface area contributed by atoms with E-state index in [-0.39, 0.29) is 0 Å². The molecule has 0 aromatic rings. The van der Waals surface area contributed by atoms with Gasteiger partial charge in [-0.2, -0.15) is 0 Å². The quantitative estimate of drug-likeness (QED) is 0.557. The molecule has 1 fully saturated rings. The Labute approximate surface area is 96.4 Å². The molecule has 2 N–H and O–H groups in total. The van der Waals surface area contributed by atoms with E-state index in [0.29, 0.717) is 25.2 Å². The standard InChI is InChI=1S/C12H21NO3/c1-2-4-10-5-3-7-12(8-6-10,11(15)16)13-9-14/h9-10H,2-8H2,1H3,(H,13,14)(H,15,16). The summed E-state index contributed by atoms with van der Waals surface area (Å²) in [5.41, 5.74) is -1.01. The summed E-state index contributed by atoms with van der Waals surface area (Å²) in [4.78, 5) is 21.8. The number of carbonyl (C=O) groups is 2. The summed E-state index contributed by atoms with van der Waals surface area (Å²) >= 11 is 0. The fourth-order valence-corrected chi connectivity index (χ4v) is 2.64.